The van der Waals surface area contributed by atoms with Gasteiger partial charge in [-0.05, 0) is 62.8 Å². The molecule has 3 heteroatoms. The van der Waals surface area contributed by atoms with Crippen molar-refractivity contribution >= 4 is 0 Å². The molecule has 1 saturated heterocycles. The van der Waals surface area contributed by atoms with Crippen LogP contribution in [0.25, 0.3) is 0 Å². The summed E-state index contributed by atoms with van der Waals surface area (Å²) in [6.45, 7) is 2.82. The van der Waals surface area contributed by atoms with Crippen LogP contribution in [0.1, 0.15) is 38.5 Å². The van der Waals surface area contributed by atoms with E-state index in [2.05, 4.69) is 5.32 Å². The molecule has 0 aromatic rings. The van der Waals surface area contributed by atoms with Gasteiger partial charge < -0.3 is 15.8 Å². The standard InChI is InChI=1S/C14H26N2O/c15-8-13(14-2-1-7-17-14)16-9-12(10-3-4-10)11-5-6-11/h10-14,16H,1-9,15H2. The minimum Gasteiger partial charge on any atom is -0.377 e. The summed E-state index contributed by atoms with van der Waals surface area (Å²) >= 11 is 0. The second-order valence-corrected chi connectivity index (χ2v) is 6.14. The predicted molar refractivity (Wildman–Crippen MR) is 68.8 cm³/mol. The van der Waals surface area contributed by atoms with Crippen molar-refractivity contribution in [2.45, 2.75) is 50.7 Å². The predicted octanol–water partition coefficient (Wildman–Crippen LogP) is 1.52. The molecule has 0 spiro atoms. The van der Waals surface area contributed by atoms with Crippen LogP contribution < -0.4 is 11.1 Å². The Kier molecular flexibility index (Phi) is 3.69. The molecule has 3 rings (SSSR count). The summed E-state index contributed by atoms with van der Waals surface area (Å²) in [4.78, 5) is 0. The number of ether oxygens (including phenoxy) is 1. The molecule has 2 aliphatic carbocycles. The average Bonchev–Trinajstić information content (AvgIpc) is 3.27. The molecule has 0 aromatic heterocycles. The van der Waals surface area contributed by atoms with Gasteiger partial charge in [-0.2, -0.15) is 0 Å². The molecule has 98 valence electrons. The fourth-order valence-corrected chi connectivity index (χ4v) is 3.34. The van der Waals surface area contributed by atoms with Gasteiger partial charge in [0.05, 0.1) is 6.10 Å². The van der Waals surface area contributed by atoms with Crippen molar-refractivity contribution < 1.29 is 4.74 Å². The van der Waals surface area contributed by atoms with Crippen LogP contribution in [0.5, 0.6) is 0 Å². The normalized spacial score (nSPS) is 31.1. The minimum absolute atomic E-state index is 0.374. The molecule has 1 aliphatic heterocycles. The van der Waals surface area contributed by atoms with E-state index < -0.39 is 0 Å². The van der Waals surface area contributed by atoms with E-state index in [9.17, 15) is 0 Å². The third-order valence-corrected chi connectivity index (χ3v) is 4.74. The first-order chi connectivity index (χ1) is 8.38. The zero-order valence-electron chi connectivity index (χ0n) is 10.7. The molecule has 0 bridgehead atoms. The quantitative estimate of drug-likeness (QED) is 0.707. The summed E-state index contributed by atoms with van der Waals surface area (Å²) in [5.74, 6) is 2.99. The number of rotatable bonds is 7. The summed E-state index contributed by atoms with van der Waals surface area (Å²) < 4.78 is 5.75. The van der Waals surface area contributed by atoms with Gasteiger partial charge in [0.1, 0.15) is 0 Å². The second-order valence-electron chi connectivity index (χ2n) is 6.14. The maximum atomic E-state index is 5.88. The molecule has 2 saturated carbocycles. The van der Waals surface area contributed by atoms with E-state index >= 15 is 0 Å². The van der Waals surface area contributed by atoms with Crippen molar-refractivity contribution in [3.8, 4) is 0 Å². The highest BCUT2D eigenvalue weighted by Gasteiger charge is 2.41. The van der Waals surface area contributed by atoms with Crippen LogP contribution in [0.2, 0.25) is 0 Å². The average molecular weight is 238 g/mol. The van der Waals surface area contributed by atoms with Crippen LogP contribution in [0.15, 0.2) is 0 Å². The Labute approximate surface area is 104 Å². The molecular weight excluding hydrogens is 212 g/mol. The summed E-state index contributed by atoms with van der Waals surface area (Å²) in [7, 11) is 0. The van der Waals surface area contributed by atoms with Crippen LogP contribution in [0, 0.1) is 17.8 Å². The van der Waals surface area contributed by atoms with Crippen molar-refractivity contribution in [3.63, 3.8) is 0 Å². The molecule has 0 radical (unpaired) electrons. The van der Waals surface area contributed by atoms with E-state index in [1.165, 1.54) is 45.1 Å². The molecule has 0 aromatic carbocycles. The maximum Gasteiger partial charge on any atom is 0.0741 e. The lowest BCUT2D eigenvalue weighted by Crippen LogP contribution is -2.47. The van der Waals surface area contributed by atoms with Gasteiger partial charge in [0.2, 0.25) is 0 Å². The number of hydrogen-bond acceptors (Lipinski definition) is 3. The lowest BCUT2D eigenvalue weighted by Gasteiger charge is -2.26. The molecule has 2 unspecified atom stereocenters. The summed E-state index contributed by atoms with van der Waals surface area (Å²) in [6.07, 6.45) is 8.64. The van der Waals surface area contributed by atoms with Crippen molar-refractivity contribution in [3.05, 3.63) is 0 Å². The van der Waals surface area contributed by atoms with Gasteiger partial charge in [-0.1, -0.05) is 0 Å². The van der Waals surface area contributed by atoms with Crippen LogP contribution in [-0.4, -0.2) is 31.8 Å². The van der Waals surface area contributed by atoms with Crippen molar-refractivity contribution in [1.82, 2.24) is 5.32 Å². The third-order valence-electron chi connectivity index (χ3n) is 4.74. The Hall–Kier alpha value is -0.120. The zero-order valence-corrected chi connectivity index (χ0v) is 10.7. The van der Waals surface area contributed by atoms with Crippen LogP contribution in [0.3, 0.4) is 0 Å². The lowest BCUT2D eigenvalue weighted by atomic mass is 9.97. The van der Waals surface area contributed by atoms with E-state index in [4.69, 9.17) is 10.5 Å². The smallest absolute Gasteiger partial charge is 0.0741 e. The number of hydrogen-bond donors (Lipinski definition) is 2. The van der Waals surface area contributed by atoms with Gasteiger partial charge in [0, 0.05) is 19.2 Å². The van der Waals surface area contributed by atoms with Crippen molar-refractivity contribution in [1.29, 1.82) is 0 Å². The molecule has 3 nitrogen and oxygen atoms in total. The first kappa shape index (κ1) is 11.9. The van der Waals surface area contributed by atoms with E-state index in [0.717, 1.165) is 24.4 Å². The molecule has 0 amide bonds. The van der Waals surface area contributed by atoms with Crippen LogP contribution >= 0.6 is 0 Å². The summed E-state index contributed by atoms with van der Waals surface area (Å²) in [5, 5.41) is 3.70. The molecule has 3 fully saturated rings. The van der Waals surface area contributed by atoms with Crippen molar-refractivity contribution in [2.24, 2.45) is 23.5 Å². The Morgan fingerprint density at radius 1 is 1.12 bits per heavy atom. The highest BCUT2D eigenvalue weighted by atomic mass is 16.5. The van der Waals surface area contributed by atoms with E-state index in [0.29, 0.717) is 18.7 Å². The maximum absolute atomic E-state index is 5.88. The largest absolute Gasteiger partial charge is 0.377 e. The van der Waals surface area contributed by atoms with Crippen molar-refractivity contribution in [2.75, 3.05) is 19.7 Å². The van der Waals surface area contributed by atoms with E-state index in [1.807, 2.05) is 0 Å². The third kappa shape index (κ3) is 3.01. The first-order valence-electron chi connectivity index (χ1n) is 7.43. The number of nitrogens with two attached hydrogens (primary N) is 1. The van der Waals surface area contributed by atoms with Gasteiger partial charge in [-0.3, -0.25) is 0 Å². The second kappa shape index (κ2) is 5.25. The topological polar surface area (TPSA) is 47.3 Å². The Bertz CT molecular complexity index is 233. The zero-order chi connectivity index (χ0) is 11.7. The number of nitrogens with one attached hydrogen (secondary N) is 1. The highest BCUT2D eigenvalue weighted by Crippen LogP contribution is 2.48. The molecular formula is C14H26N2O. The van der Waals surface area contributed by atoms with Gasteiger partial charge >= 0.3 is 0 Å². The van der Waals surface area contributed by atoms with Gasteiger partial charge in [0.15, 0.2) is 0 Å². The van der Waals surface area contributed by atoms with Crippen LogP contribution in [0.4, 0.5) is 0 Å². The lowest BCUT2D eigenvalue weighted by molar-refractivity contribution is 0.0784. The Morgan fingerprint density at radius 3 is 2.29 bits per heavy atom. The monoisotopic (exact) mass is 238 g/mol. The molecule has 2 atom stereocenters. The van der Waals surface area contributed by atoms with Gasteiger partial charge in [-0.15, -0.1) is 0 Å². The van der Waals surface area contributed by atoms with E-state index in [-0.39, 0.29) is 0 Å². The Morgan fingerprint density at radius 2 is 1.82 bits per heavy atom. The summed E-state index contributed by atoms with van der Waals surface area (Å²) in [6, 6.07) is 0.387. The highest BCUT2D eigenvalue weighted by molar-refractivity contribution is 4.93. The fraction of sp³-hybridized carbons (Fsp3) is 1.00. The molecule has 3 aliphatic rings. The fourth-order valence-electron chi connectivity index (χ4n) is 3.34. The SMILES string of the molecule is NCC(NCC(C1CC1)C1CC1)C1CCCO1. The van der Waals surface area contributed by atoms with Gasteiger partial charge in [-0.25, -0.2) is 0 Å². The first-order valence-corrected chi connectivity index (χ1v) is 7.43. The van der Waals surface area contributed by atoms with E-state index in [1.54, 1.807) is 0 Å². The van der Waals surface area contributed by atoms with Gasteiger partial charge in [0.25, 0.3) is 0 Å². The molecule has 1 heterocycles. The molecule has 3 N–H and O–H groups in total. The summed E-state index contributed by atoms with van der Waals surface area (Å²) in [5.41, 5.74) is 5.88. The molecule has 17 heavy (non-hydrogen) atoms. The minimum atomic E-state index is 0.374. The van der Waals surface area contributed by atoms with Crippen LogP contribution in [-0.2, 0) is 4.74 Å². The Balaban J connectivity index is 1.46.